The number of aliphatic hydroxyl groups excluding tert-OH is 1. The Morgan fingerprint density at radius 2 is 2.14 bits per heavy atom. The molecule has 0 spiro atoms. The average Bonchev–Trinajstić information content (AvgIpc) is 2.46. The van der Waals surface area contributed by atoms with Gasteiger partial charge in [-0.2, -0.15) is 11.8 Å². The summed E-state index contributed by atoms with van der Waals surface area (Å²) in [6, 6.07) is 5.24. The van der Waals surface area contributed by atoms with E-state index >= 15 is 0 Å². The maximum Gasteiger partial charge on any atom is 0.221 e. The molecule has 1 aromatic carbocycles. The molecule has 22 heavy (non-hydrogen) atoms. The van der Waals surface area contributed by atoms with Crippen molar-refractivity contribution in [2.45, 2.75) is 18.6 Å². The molecule has 2 atom stereocenters. The van der Waals surface area contributed by atoms with Crippen LogP contribution in [0.3, 0.4) is 0 Å². The zero-order chi connectivity index (χ0) is 15.2. The number of thioether (sulfide) groups is 1. The number of rotatable bonds is 5. The van der Waals surface area contributed by atoms with Gasteiger partial charge < -0.3 is 15.7 Å². The van der Waals surface area contributed by atoms with Gasteiger partial charge in [0, 0.05) is 52.7 Å². The second-order valence-electron chi connectivity index (χ2n) is 4.89. The summed E-state index contributed by atoms with van der Waals surface area (Å²) < 4.78 is 0. The summed E-state index contributed by atoms with van der Waals surface area (Å²) >= 11 is 13.9. The minimum absolute atomic E-state index is 0. The predicted octanol–water partition coefficient (Wildman–Crippen LogP) is 2.66. The Balaban J connectivity index is 0.00000242. The van der Waals surface area contributed by atoms with Gasteiger partial charge in [0.25, 0.3) is 0 Å². The third kappa shape index (κ3) is 5.80. The summed E-state index contributed by atoms with van der Waals surface area (Å²) in [6.45, 7) is 1.03. The molecule has 3 N–H and O–H groups in total. The normalized spacial score (nSPS) is 19.1. The van der Waals surface area contributed by atoms with Crippen LogP contribution in [0.5, 0.6) is 0 Å². The molecule has 1 heterocycles. The minimum atomic E-state index is -0.913. The summed E-state index contributed by atoms with van der Waals surface area (Å²) in [4.78, 5) is 11.9. The van der Waals surface area contributed by atoms with Crippen LogP contribution in [-0.4, -0.2) is 41.7 Å². The van der Waals surface area contributed by atoms with E-state index in [0.29, 0.717) is 22.0 Å². The Morgan fingerprint density at radius 1 is 1.45 bits per heavy atom. The van der Waals surface area contributed by atoms with Crippen molar-refractivity contribution in [2.75, 3.05) is 24.6 Å². The first-order valence-corrected chi connectivity index (χ1v) is 8.69. The molecule has 1 aliphatic heterocycles. The van der Waals surface area contributed by atoms with E-state index in [4.69, 9.17) is 23.2 Å². The van der Waals surface area contributed by atoms with E-state index in [1.807, 2.05) is 11.8 Å². The highest BCUT2D eigenvalue weighted by Crippen LogP contribution is 2.29. The number of carbonyl (C=O) groups is 1. The first kappa shape index (κ1) is 19.9. The molecule has 0 aliphatic carbocycles. The molecular weight excluding hydrogens is 367 g/mol. The maximum atomic E-state index is 11.9. The van der Waals surface area contributed by atoms with Crippen LogP contribution in [0.25, 0.3) is 0 Å². The number of amides is 1. The van der Waals surface area contributed by atoms with Crippen molar-refractivity contribution in [2.24, 2.45) is 0 Å². The van der Waals surface area contributed by atoms with Crippen molar-refractivity contribution >= 4 is 53.3 Å². The van der Waals surface area contributed by atoms with Gasteiger partial charge in [-0.3, -0.25) is 4.79 Å². The molecule has 1 saturated heterocycles. The zero-order valence-corrected chi connectivity index (χ0v) is 15.0. The summed E-state index contributed by atoms with van der Waals surface area (Å²) in [5, 5.41) is 17.0. The SMILES string of the molecule is Cl.O=C(CC1CSCCN1)NCC(O)c1c(Cl)cccc1Cl. The molecule has 1 aliphatic rings. The molecule has 1 amide bonds. The van der Waals surface area contributed by atoms with Crippen molar-refractivity contribution in [3.8, 4) is 0 Å². The largest absolute Gasteiger partial charge is 0.386 e. The number of benzene rings is 1. The van der Waals surface area contributed by atoms with Crippen molar-refractivity contribution < 1.29 is 9.90 Å². The number of hydrogen-bond donors (Lipinski definition) is 3. The van der Waals surface area contributed by atoms with Gasteiger partial charge in [-0.25, -0.2) is 0 Å². The quantitative estimate of drug-likeness (QED) is 0.729. The first-order chi connectivity index (χ1) is 10.1. The average molecular weight is 386 g/mol. The second kappa shape index (κ2) is 9.85. The molecule has 124 valence electrons. The molecular formula is C14H19Cl3N2O2S. The van der Waals surface area contributed by atoms with Gasteiger partial charge in [0.15, 0.2) is 0 Å². The van der Waals surface area contributed by atoms with Crippen LogP contribution in [0, 0.1) is 0 Å². The topological polar surface area (TPSA) is 61.4 Å². The minimum Gasteiger partial charge on any atom is -0.386 e. The Morgan fingerprint density at radius 3 is 2.73 bits per heavy atom. The van der Waals surface area contributed by atoms with E-state index in [0.717, 1.165) is 18.1 Å². The lowest BCUT2D eigenvalue weighted by molar-refractivity contribution is -0.121. The van der Waals surface area contributed by atoms with Gasteiger partial charge in [-0.05, 0) is 12.1 Å². The fraction of sp³-hybridized carbons (Fsp3) is 0.500. The van der Waals surface area contributed by atoms with Crippen molar-refractivity contribution in [1.29, 1.82) is 0 Å². The monoisotopic (exact) mass is 384 g/mol. The van der Waals surface area contributed by atoms with E-state index in [2.05, 4.69) is 10.6 Å². The fourth-order valence-corrected chi connectivity index (χ4v) is 3.79. The maximum absolute atomic E-state index is 11.9. The number of aliphatic hydroxyl groups is 1. The summed E-state index contributed by atoms with van der Waals surface area (Å²) in [7, 11) is 0. The van der Waals surface area contributed by atoms with Crippen molar-refractivity contribution in [3.63, 3.8) is 0 Å². The molecule has 2 rings (SSSR count). The molecule has 1 aromatic rings. The number of carbonyl (C=O) groups excluding carboxylic acids is 1. The number of halogens is 3. The van der Waals surface area contributed by atoms with E-state index in [1.54, 1.807) is 18.2 Å². The van der Waals surface area contributed by atoms with Crippen molar-refractivity contribution in [1.82, 2.24) is 10.6 Å². The number of nitrogens with one attached hydrogen (secondary N) is 2. The highest BCUT2D eigenvalue weighted by Gasteiger charge is 2.19. The Bertz CT molecular complexity index is 479. The molecule has 0 bridgehead atoms. The van der Waals surface area contributed by atoms with E-state index < -0.39 is 6.10 Å². The van der Waals surface area contributed by atoms with E-state index in [9.17, 15) is 9.90 Å². The van der Waals surface area contributed by atoms with Crippen LogP contribution in [0.2, 0.25) is 10.0 Å². The lowest BCUT2D eigenvalue weighted by Gasteiger charge is -2.23. The molecule has 1 fully saturated rings. The highest BCUT2D eigenvalue weighted by molar-refractivity contribution is 7.99. The number of hydrogen-bond acceptors (Lipinski definition) is 4. The zero-order valence-electron chi connectivity index (χ0n) is 11.9. The smallest absolute Gasteiger partial charge is 0.221 e. The van der Waals surface area contributed by atoms with Crippen LogP contribution in [0.4, 0.5) is 0 Å². The third-order valence-corrected chi connectivity index (χ3v) is 5.05. The summed E-state index contributed by atoms with van der Waals surface area (Å²) in [5.41, 5.74) is 0.451. The lowest BCUT2D eigenvalue weighted by Crippen LogP contribution is -2.41. The molecule has 2 unspecified atom stereocenters. The van der Waals surface area contributed by atoms with Crippen LogP contribution >= 0.6 is 47.4 Å². The molecule has 0 saturated carbocycles. The van der Waals surface area contributed by atoms with Crippen LogP contribution in [0.15, 0.2) is 18.2 Å². The fourth-order valence-electron chi connectivity index (χ4n) is 2.19. The van der Waals surface area contributed by atoms with Gasteiger partial charge in [-0.15, -0.1) is 12.4 Å². The third-order valence-electron chi connectivity index (χ3n) is 3.26. The van der Waals surface area contributed by atoms with Gasteiger partial charge in [0.05, 0.1) is 6.10 Å². The predicted molar refractivity (Wildman–Crippen MR) is 95.4 cm³/mol. The Labute approximate surface area is 150 Å². The van der Waals surface area contributed by atoms with Gasteiger partial charge in [-0.1, -0.05) is 29.3 Å². The van der Waals surface area contributed by atoms with Crippen LogP contribution < -0.4 is 10.6 Å². The first-order valence-electron chi connectivity index (χ1n) is 6.77. The Kier molecular flexibility index (Phi) is 8.90. The van der Waals surface area contributed by atoms with E-state index in [1.165, 1.54) is 0 Å². The molecule has 8 heteroatoms. The van der Waals surface area contributed by atoms with Gasteiger partial charge in [0.1, 0.15) is 0 Å². The van der Waals surface area contributed by atoms with Gasteiger partial charge >= 0.3 is 0 Å². The van der Waals surface area contributed by atoms with E-state index in [-0.39, 0.29) is 30.9 Å². The molecule has 0 radical (unpaired) electrons. The van der Waals surface area contributed by atoms with Crippen LogP contribution in [-0.2, 0) is 4.79 Å². The highest BCUT2D eigenvalue weighted by atomic mass is 35.5. The molecule has 0 aromatic heterocycles. The summed E-state index contributed by atoms with van der Waals surface area (Å²) in [6.07, 6.45) is -0.500. The Hall–Kier alpha value is -0.170. The van der Waals surface area contributed by atoms with Gasteiger partial charge in [0.2, 0.25) is 5.91 Å². The lowest BCUT2D eigenvalue weighted by atomic mass is 10.1. The van der Waals surface area contributed by atoms with Crippen LogP contribution in [0.1, 0.15) is 18.1 Å². The molecule has 4 nitrogen and oxygen atoms in total. The second-order valence-corrected chi connectivity index (χ2v) is 6.85. The van der Waals surface area contributed by atoms with Crippen molar-refractivity contribution in [3.05, 3.63) is 33.8 Å². The summed E-state index contributed by atoms with van der Waals surface area (Å²) in [5.74, 6) is 1.94. The standard InChI is InChI=1S/C14H18Cl2N2O2S.ClH/c15-10-2-1-3-11(16)14(10)12(19)7-18-13(20)6-9-8-21-5-4-17-9;/h1-3,9,12,17,19H,4-8H2,(H,18,20);1H.